The van der Waals surface area contributed by atoms with Crippen LogP contribution in [0.25, 0.3) is 21.9 Å². The van der Waals surface area contributed by atoms with E-state index >= 15 is 0 Å². The highest BCUT2D eigenvalue weighted by Crippen LogP contribution is 2.37. The third kappa shape index (κ3) is 4.86. The lowest BCUT2D eigenvalue weighted by atomic mass is 9.91. The summed E-state index contributed by atoms with van der Waals surface area (Å²) >= 11 is 0. The van der Waals surface area contributed by atoms with Gasteiger partial charge < -0.3 is 28.8 Å². The first-order valence-electron chi connectivity index (χ1n) is 11.9. The van der Waals surface area contributed by atoms with E-state index in [0.717, 1.165) is 29.4 Å². The number of furan rings is 1. The van der Waals surface area contributed by atoms with E-state index in [2.05, 4.69) is 12.1 Å². The number of rotatable bonds is 8. The molecule has 0 radical (unpaired) electrons. The molecule has 0 spiro atoms. The average molecular weight is 489 g/mol. The van der Waals surface area contributed by atoms with Crippen LogP contribution in [0.2, 0.25) is 0 Å². The molecule has 1 aliphatic rings. The van der Waals surface area contributed by atoms with Crippen molar-refractivity contribution in [2.45, 2.75) is 38.3 Å². The second-order valence-electron chi connectivity index (χ2n) is 8.91. The van der Waals surface area contributed by atoms with Gasteiger partial charge in [0.25, 0.3) is 0 Å². The minimum absolute atomic E-state index is 0.000761. The molecule has 2 heterocycles. The number of carboxylic acids is 1. The van der Waals surface area contributed by atoms with Crippen LogP contribution in [0, 0.1) is 0 Å². The Morgan fingerprint density at radius 2 is 2.03 bits per heavy atom. The van der Waals surface area contributed by atoms with Crippen LogP contribution in [0.3, 0.4) is 0 Å². The third-order valence-electron chi connectivity index (χ3n) is 6.71. The van der Waals surface area contributed by atoms with Crippen LogP contribution >= 0.6 is 0 Å². The number of hydrogen-bond acceptors (Lipinski definition) is 6. The number of methoxy groups -OCH3 is 1. The minimum atomic E-state index is -1.10. The zero-order valence-electron chi connectivity index (χ0n) is 20.0. The van der Waals surface area contributed by atoms with Gasteiger partial charge in [0.05, 0.1) is 36.9 Å². The van der Waals surface area contributed by atoms with E-state index in [1.165, 1.54) is 6.26 Å². The first kappa shape index (κ1) is 24.1. The number of benzene rings is 3. The van der Waals surface area contributed by atoms with Crippen LogP contribution in [-0.4, -0.2) is 36.0 Å². The second kappa shape index (κ2) is 10.5. The fourth-order valence-corrected chi connectivity index (χ4v) is 4.87. The van der Waals surface area contributed by atoms with Gasteiger partial charge in [-0.15, -0.1) is 0 Å². The number of ether oxygens (including phenoxy) is 3. The third-order valence-corrected chi connectivity index (χ3v) is 6.71. The molecular formula is C29H28O7. The van der Waals surface area contributed by atoms with Gasteiger partial charge in [-0.1, -0.05) is 24.3 Å². The lowest BCUT2D eigenvalue weighted by Crippen LogP contribution is -2.25. The predicted octanol–water partition coefficient (Wildman–Crippen LogP) is 5.74. The first-order chi connectivity index (χ1) is 17.6. The highest BCUT2D eigenvalue weighted by atomic mass is 16.5. The maximum absolute atomic E-state index is 12.0. The number of fused-ring (bicyclic) bond motifs is 1. The van der Waals surface area contributed by atoms with Gasteiger partial charge in [-0.05, 0) is 64.2 Å². The van der Waals surface area contributed by atoms with Gasteiger partial charge in [0, 0.05) is 31.3 Å². The number of aliphatic hydroxyl groups is 1. The van der Waals surface area contributed by atoms with Crippen molar-refractivity contribution in [3.8, 4) is 16.9 Å². The molecule has 7 heteroatoms. The summed E-state index contributed by atoms with van der Waals surface area (Å²) in [5.74, 6) is -0.484. The van der Waals surface area contributed by atoms with Crippen molar-refractivity contribution in [3.05, 3.63) is 89.4 Å². The lowest BCUT2D eigenvalue weighted by Gasteiger charge is -2.29. The van der Waals surface area contributed by atoms with Crippen molar-refractivity contribution < 1.29 is 33.6 Å². The molecule has 0 saturated carbocycles. The molecule has 2 N–H and O–H groups in total. The van der Waals surface area contributed by atoms with E-state index in [1.54, 1.807) is 25.5 Å². The van der Waals surface area contributed by atoms with Crippen molar-refractivity contribution in [2.75, 3.05) is 13.7 Å². The molecular weight excluding hydrogens is 460 g/mol. The Labute approximate surface area is 208 Å². The Kier molecular flexibility index (Phi) is 7.04. The highest BCUT2D eigenvalue weighted by Gasteiger charge is 2.24. The van der Waals surface area contributed by atoms with Crippen LogP contribution < -0.4 is 4.74 Å². The Balaban J connectivity index is 1.42. The van der Waals surface area contributed by atoms with Gasteiger partial charge in [-0.3, -0.25) is 0 Å². The lowest BCUT2D eigenvalue weighted by molar-refractivity contribution is -0.0599. The normalized spacial score (nSPS) is 17.8. The van der Waals surface area contributed by atoms with Crippen molar-refractivity contribution in [2.24, 2.45) is 0 Å². The van der Waals surface area contributed by atoms with Gasteiger partial charge in [-0.2, -0.15) is 0 Å². The predicted molar refractivity (Wildman–Crippen MR) is 134 cm³/mol. The maximum Gasteiger partial charge on any atom is 0.336 e. The first-order valence-corrected chi connectivity index (χ1v) is 11.9. The zero-order chi connectivity index (χ0) is 25.1. The molecule has 186 valence electrons. The van der Waals surface area contributed by atoms with Crippen LogP contribution in [0.1, 0.15) is 46.0 Å². The summed E-state index contributed by atoms with van der Waals surface area (Å²) in [6.45, 7) is 0.634. The molecule has 0 bridgehead atoms. The molecule has 2 atom stereocenters. The fraction of sp³-hybridized carbons (Fsp3) is 0.276. The Morgan fingerprint density at radius 3 is 2.78 bits per heavy atom. The van der Waals surface area contributed by atoms with Crippen LogP contribution in [-0.2, 0) is 22.7 Å². The molecule has 3 aromatic carbocycles. The van der Waals surface area contributed by atoms with E-state index in [0.29, 0.717) is 41.0 Å². The summed E-state index contributed by atoms with van der Waals surface area (Å²) in [6, 6.07) is 17.1. The average Bonchev–Trinajstić information content (AvgIpc) is 3.45. The monoisotopic (exact) mass is 488 g/mol. The SMILES string of the molecule is COC1CCOC(c2cccc(COc3ccc4c(-c5ccoc5)c(CO)c(C(=O)O)cc4c3)c2)C1. The maximum atomic E-state index is 12.0. The quantitative estimate of drug-likeness (QED) is 0.327. The molecule has 4 aromatic rings. The van der Waals surface area contributed by atoms with Crippen molar-refractivity contribution in [1.29, 1.82) is 0 Å². The van der Waals surface area contributed by atoms with Gasteiger partial charge in [0.1, 0.15) is 12.4 Å². The molecule has 1 aliphatic heterocycles. The second-order valence-corrected chi connectivity index (χ2v) is 8.91. The molecule has 1 fully saturated rings. The number of aliphatic hydroxyl groups excluding tert-OH is 1. The molecule has 7 nitrogen and oxygen atoms in total. The van der Waals surface area contributed by atoms with E-state index in [9.17, 15) is 15.0 Å². The van der Waals surface area contributed by atoms with Crippen LogP contribution in [0.15, 0.2) is 71.5 Å². The van der Waals surface area contributed by atoms with Crippen molar-refractivity contribution in [3.63, 3.8) is 0 Å². The molecule has 0 amide bonds. The standard InChI is InChI=1S/C29H28O7/c1-33-22-8-10-35-27(14-22)19-4-2-3-18(11-19)16-36-23-5-6-24-21(12-23)13-25(29(31)32)26(15-30)28(24)20-7-9-34-17-20/h2-7,9,11-13,17,22,27,30H,8,10,14-16H2,1H3,(H,31,32). The van der Waals surface area contributed by atoms with Crippen molar-refractivity contribution in [1.82, 2.24) is 0 Å². The molecule has 2 unspecified atom stereocenters. The van der Waals surface area contributed by atoms with Gasteiger partial charge in [-0.25, -0.2) is 4.79 Å². The molecule has 1 saturated heterocycles. The number of carbonyl (C=O) groups is 1. The largest absolute Gasteiger partial charge is 0.489 e. The number of carboxylic acid groups (broad SMARTS) is 1. The summed E-state index contributed by atoms with van der Waals surface area (Å²) < 4.78 is 22.8. The summed E-state index contributed by atoms with van der Waals surface area (Å²) in [7, 11) is 1.74. The highest BCUT2D eigenvalue weighted by molar-refractivity contribution is 6.05. The van der Waals surface area contributed by atoms with Gasteiger partial charge in [0.2, 0.25) is 0 Å². The Morgan fingerprint density at radius 1 is 1.14 bits per heavy atom. The van der Waals surface area contributed by atoms with Gasteiger partial charge >= 0.3 is 5.97 Å². The van der Waals surface area contributed by atoms with Gasteiger partial charge in [0.15, 0.2) is 0 Å². The van der Waals surface area contributed by atoms with Crippen molar-refractivity contribution >= 4 is 16.7 Å². The van der Waals surface area contributed by atoms with E-state index in [4.69, 9.17) is 18.6 Å². The Hall–Kier alpha value is -3.65. The summed E-state index contributed by atoms with van der Waals surface area (Å²) in [6.07, 6.45) is 5.00. The topological polar surface area (TPSA) is 98.4 Å². The summed E-state index contributed by atoms with van der Waals surface area (Å²) in [4.78, 5) is 12.0. The molecule has 36 heavy (non-hydrogen) atoms. The summed E-state index contributed by atoms with van der Waals surface area (Å²) in [5.41, 5.74) is 3.86. The van der Waals surface area contributed by atoms with E-state index in [1.807, 2.05) is 30.3 Å². The number of hydrogen-bond donors (Lipinski definition) is 2. The smallest absolute Gasteiger partial charge is 0.336 e. The van der Waals surface area contributed by atoms with E-state index in [-0.39, 0.29) is 17.8 Å². The summed E-state index contributed by atoms with van der Waals surface area (Å²) in [5, 5.41) is 21.3. The van der Waals surface area contributed by atoms with Crippen LogP contribution in [0.4, 0.5) is 0 Å². The van der Waals surface area contributed by atoms with Crippen LogP contribution in [0.5, 0.6) is 5.75 Å². The molecule has 0 aliphatic carbocycles. The fourth-order valence-electron chi connectivity index (χ4n) is 4.87. The molecule has 1 aromatic heterocycles. The zero-order valence-corrected chi connectivity index (χ0v) is 20.0. The van der Waals surface area contributed by atoms with E-state index < -0.39 is 12.6 Å². The Bertz CT molecular complexity index is 1360. The minimum Gasteiger partial charge on any atom is -0.489 e. The molecule has 5 rings (SSSR count). The number of aromatic carboxylic acids is 1.